The van der Waals surface area contributed by atoms with Crippen LogP contribution in [0.15, 0.2) is 65.2 Å². The maximum absolute atomic E-state index is 12.8. The first-order valence-corrected chi connectivity index (χ1v) is 10.4. The van der Waals surface area contributed by atoms with Crippen molar-refractivity contribution in [1.82, 2.24) is 5.32 Å². The molecule has 32 heavy (non-hydrogen) atoms. The summed E-state index contributed by atoms with van der Waals surface area (Å²) in [7, 11) is 0. The summed E-state index contributed by atoms with van der Waals surface area (Å²) in [4.78, 5) is 37.3. The van der Waals surface area contributed by atoms with E-state index in [9.17, 15) is 14.4 Å². The number of dihydropyridines is 1. The maximum atomic E-state index is 12.8. The number of benzene rings is 1. The summed E-state index contributed by atoms with van der Waals surface area (Å²) < 4.78 is 15.4. The van der Waals surface area contributed by atoms with Crippen molar-refractivity contribution in [2.75, 3.05) is 13.2 Å². The Labute approximate surface area is 188 Å². The molecule has 0 spiro atoms. The molecule has 1 aliphatic heterocycles. The minimum atomic E-state index is -0.652. The Balaban J connectivity index is 2.47. The molecule has 0 atom stereocenters. The molecule has 1 heterocycles. The number of hydrogen-bond donors (Lipinski definition) is 1. The van der Waals surface area contributed by atoms with Crippen LogP contribution in [0.5, 0.6) is 0 Å². The number of carbonyl (C=O) groups is 3. The number of rotatable bonds is 8. The van der Waals surface area contributed by atoms with Gasteiger partial charge in [-0.25, -0.2) is 14.4 Å². The topological polar surface area (TPSA) is 90.9 Å². The van der Waals surface area contributed by atoms with Gasteiger partial charge in [-0.15, -0.1) is 0 Å². The van der Waals surface area contributed by atoms with E-state index >= 15 is 0 Å². The number of ether oxygens (including phenoxy) is 3. The summed E-state index contributed by atoms with van der Waals surface area (Å²) in [6.07, 6.45) is 2.91. The van der Waals surface area contributed by atoms with E-state index in [0.717, 1.165) is 11.1 Å². The molecular weight excluding hydrogens is 410 g/mol. The number of hydrogen-bond acceptors (Lipinski definition) is 7. The highest BCUT2D eigenvalue weighted by atomic mass is 16.5. The molecule has 0 saturated carbocycles. The lowest BCUT2D eigenvalue weighted by Crippen LogP contribution is -2.32. The molecule has 1 aliphatic rings. The van der Waals surface area contributed by atoms with Gasteiger partial charge in [-0.1, -0.05) is 30.8 Å². The van der Waals surface area contributed by atoms with E-state index in [1.807, 2.05) is 0 Å². The minimum absolute atomic E-state index is 0.212. The number of carbonyl (C=O) groups excluding carboxylic acids is 3. The third-order valence-corrected chi connectivity index (χ3v) is 4.71. The summed E-state index contributed by atoms with van der Waals surface area (Å²) in [5.41, 5.74) is 3.41. The third-order valence-electron chi connectivity index (χ3n) is 4.71. The first kappa shape index (κ1) is 24.7. The zero-order valence-electron chi connectivity index (χ0n) is 19.1. The monoisotopic (exact) mass is 439 g/mol. The highest BCUT2D eigenvalue weighted by Crippen LogP contribution is 2.39. The molecule has 0 aliphatic carbocycles. The fraction of sp³-hybridized carbons (Fsp3) is 0.320. The Morgan fingerprint density at radius 2 is 1.47 bits per heavy atom. The van der Waals surface area contributed by atoms with Crippen molar-refractivity contribution in [1.29, 1.82) is 0 Å². The maximum Gasteiger partial charge on any atom is 0.336 e. The van der Waals surface area contributed by atoms with Crippen LogP contribution in [0.1, 0.15) is 51.7 Å². The molecule has 7 nitrogen and oxygen atoms in total. The number of allylic oxidation sites excluding steroid dienone is 3. The fourth-order valence-electron chi connectivity index (χ4n) is 3.46. The molecule has 2 rings (SSSR count). The molecule has 0 aromatic heterocycles. The van der Waals surface area contributed by atoms with Gasteiger partial charge >= 0.3 is 17.9 Å². The van der Waals surface area contributed by atoms with Crippen molar-refractivity contribution < 1.29 is 28.6 Å². The molecule has 1 N–H and O–H groups in total. The Morgan fingerprint density at radius 1 is 0.969 bits per heavy atom. The molecule has 0 radical (unpaired) electrons. The molecule has 0 fully saturated rings. The van der Waals surface area contributed by atoms with Crippen molar-refractivity contribution in [3.63, 3.8) is 0 Å². The molecule has 0 saturated heterocycles. The lowest BCUT2D eigenvalue weighted by Gasteiger charge is -2.30. The normalized spacial score (nSPS) is 14.3. The van der Waals surface area contributed by atoms with E-state index in [-0.39, 0.29) is 13.2 Å². The van der Waals surface area contributed by atoms with Crippen LogP contribution in [0.3, 0.4) is 0 Å². The highest BCUT2D eigenvalue weighted by molar-refractivity contribution is 6.00. The summed E-state index contributed by atoms with van der Waals surface area (Å²) in [6.45, 7) is 12.5. The SMILES string of the molecule is C=C(C)OC(=O)/C=C/c1ccc(C2C(C(=O)OCC)=C(C)NC(C)=C2C(=O)OCC)cc1. The predicted octanol–water partition coefficient (Wildman–Crippen LogP) is 4.14. The lowest BCUT2D eigenvalue weighted by atomic mass is 9.80. The van der Waals surface area contributed by atoms with Crippen LogP contribution < -0.4 is 5.32 Å². The second kappa shape index (κ2) is 11.1. The number of esters is 3. The largest absolute Gasteiger partial charge is 0.463 e. The van der Waals surface area contributed by atoms with Crippen molar-refractivity contribution in [3.8, 4) is 0 Å². The van der Waals surface area contributed by atoms with Crippen molar-refractivity contribution in [2.45, 2.75) is 40.5 Å². The van der Waals surface area contributed by atoms with Gasteiger partial charge in [0.2, 0.25) is 0 Å². The summed E-state index contributed by atoms with van der Waals surface area (Å²) in [6, 6.07) is 7.19. The van der Waals surface area contributed by atoms with Gasteiger partial charge in [-0.3, -0.25) is 0 Å². The predicted molar refractivity (Wildman–Crippen MR) is 121 cm³/mol. The average Bonchev–Trinajstić information content (AvgIpc) is 2.71. The van der Waals surface area contributed by atoms with Crippen LogP contribution >= 0.6 is 0 Å². The van der Waals surface area contributed by atoms with Crippen LogP contribution in [0.25, 0.3) is 6.08 Å². The third kappa shape index (κ3) is 5.97. The highest BCUT2D eigenvalue weighted by Gasteiger charge is 2.37. The summed E-state index contributed by atoms with van der Waals surface area (Å²) in [5.74, 6) is -1.86. The molecule has 0 unspecified atom stereocenters. The van der Waals surface area contributed by atoms with Crippen molar-refractivity contribution >= 4 is 24.0 Å². The van der Waals surface area contributed by atoms with E-state index in [2.05, 4.69) is 11.9 Å². The van der Waals surface area contributed by atoms with E-state index in [0.29, 0.717) is 28.3 Å². The van der Waals surface area contributed by atoms with Crippen molar-refractivity contribution in [3.05, 3.63) is 76.3 Å². The molecule has 7 heteroatoms. The molecule has 0 bridgehead atoms. The smallest absolute Gasteiger partial charge is 0.336 e. The van der Waals surface area contributed by atoms with Crippen molar-refractivity contribution in [2.24, 2.45) is 0 Å². The van der Waals surface area contributed by atoms with Gasteiger partial charge in [-0.05, 0) is 51.8 Å². The van der Waals surface area contributed by atoms with Gasteiger partial charge in [0.25, 0.3) is 0 Å². The first-order chi connectivity index (χ1) is 15.2. The molecular formula is C25H29NO6. The number of nitrogens with one attached hydrogen (secondary N) is 1. The van der Waals surface area contributed by atoms with Crippen LogP contribution in [0, 0.1) is 0 Å². The fourth-order valence-corrected chi connectivity index (χ4v) is 3.46. The van der Waals surface area contributed by atoms with Gasteiger partial charge in [-0.2, -0.15) is 0 Å². The van der Waals surface area contributed by atoms with Crippen LogP contribution in [-0.4, -0.2) is 31.1 Å². The Morgan fingerprint density at radius 3 is 1.91 bits per heavy atom. The second-order valence-electron chi connectivity index (χ2n) is 7.20. The van der Waals surface area contributed by atoms with Crippen LogP contribution in [-0.2, 0) is 28.6 Å². The van der Waals surface area contributed by atoms with Gasteiger partial charge < -0.3 is 19.5 Å². The average molecular weight is 440 g/mol. The quantitative estimate of drug-likeness (QED) is 0.282. The van der Waals surface area contributed by atoms with Gasteiger partial charge in [0.05, 0.1) is 36.0 Å². The van der Waals surface area contributed by atoms with E-state index in [4.69, 9.17) is 14.2 Å². The summed E-state index contributed by atoms with van der Waals surface area (Å²) in [5, 5.41) is 3.11. The zero-order chi connectivity index (χ0) is 23.8. The Kier molecular flexibility index (Phi) is 8.58. The van der Waals surface area contributed by atoms with Crippen LogP contribution in [0.2, 0.25) is 0 Å². The lowest BCUT2D eigenvalue weighted by molar-refractivity contribution is -0.139. The molecule has 170 valence electrons. The molecule has 0 amide bonds. The van der Waals surface area contributed by atoms with E-state index in [1.165, 1.54) is 6.08 Å². The molecule has 1 aromatic carbocycles. The first-order valence-electron chi connectivity index (χ1n) is 10.4. The Bertz CT molecular complexity index is 958. The van der Waals surface area contributed by atoms with Crippen LogP contribution in [0.4, 0.5) is 0 Å². The minimum Gasteiger partial charge on any atom is -0.463 e. The van der Waals surface area contributed by atoms with E-state index < -0.39 is 23.8 Å². The van der Waals surface area contributed by atoms with Gasteiger partial charge in [0.15, 0.2) is 0 Å². The molecule has 1 aromatic rings. The zero-order valence-corrected chi connectivity index (χ0v) is 19.1. The summed E-state index contributed by atoms with van der Waals surface area (Å²) >= 11 is 0. The van der Waals surface area contributed by atoms with E-state index in [1.54, 1.807) is 65.0 Å². The standard InChI is InChI=1S/C25H29NO6/c1-7-30-24(28)21-16(5)26-17(6)22(25(29)31-8-2)23(21)19-12-9-18(10-13-19)11-14-20(27)32-15(3)4/h9-14,23,26H,3,7-8H2,1-2,4-6H3/b14-11+. The van der Waals surface area contributed by atoms with Gasteiger partial charge in [0.1, 0.15) is 0 Å². The second-order valence-corrected chi connectivity index (χ2v) is 7.20. The van der Waals surface area contributed by atoms with Gasteiger partial charge in [0, 0.05) is 17.5 Å². The Hall–Kier alpha value is -3.61.